The van der Waals surface area contributed by atoms with Crippen LogP contribution >= 0.6 is 0 Å². The molecule has 0 saturated heterocycles. The average Bonchev–Trinajstić information content (AvgIpc) is 2.19. The van der Waals surface area contributed by atoms with Crippen molar-refractivity contribution in [1.82, 2.24) is 0 Å². The SMILES string of the molecule is C/[Si]1=C/O[SiH2]OCO[Si](C)(C)O1.CC. The molecular formula is C7H20O4Si3. The van der Waals surface area contributed by atoms with Gasteiger partial charge in [-0.15, -0.1) is 0 Å². The molecule has 0 aromatic carbocycles. The molecule has 14 heavy (non-hydrogen) atoms. The highest BCUT2D eigenvalue weighted by molar-refractivity contribution is 6.75. The van der Waals surface area contributed by atoms with Crippen LogP contribution in [0.25, 0.3) is 0 Å². The highest BCUT2D eigenvalue weighted by Crippen LogP contribution is 2.06. The van der Waals surface area contributed by atoms with Gasteiger partial charge in [0.15, 0.2) is 0 Å². The first kappa shape index (κ1) is 14.0. The Morgan fingerprint density at radius 2 is 2.00 bits per heavy atom. The second-order valence-corrected chi connectivity index (χ2v) is 9.32. The minimum Gasteiger partial charge on any atom is -0.585 e. The summed E-state index contributed by atoms with van der Waals surface area (Å²) in [6.07, 6.45) is 0. The monoisotopic (exact) mass is 252 g/mol. The smallest absolute Gasteiger partial charge is 0.379 e. The van der Waals surface area contributed by atoms with E-state index in [1.165, 1.54) is 0 Å². The lowest BCUT2D eigenvalue weighted by molar-refractivity contribution is 0.0879. The Hall–Kier alpha value is 0.0406. The number of rotatable bonds is 0. The molecule has 0 saturated carbocycles. The van der Waals surface area contributed by atoms with Gasteiger partial charge in [0.2, 0.25) is 8.65 Å². The normalized spacial score (nSPS) is 26.2. The van der Waals surface area contributed by atoms with Gasteiger partial charge < -0.3 is 17.4 Å². The fourth-order valence-corrected chi connectivity index (χ4v) is 6.38. The van der Waals surface area contributed by atoms with Gasteiger partial charge in [0.05, 0.1) is 5.86 Å². The Bertz CT molecular complexity index is 184. The third kappa shape index (κ3) is 6.49. The van der Waals surface area contributed by atoms with Crippen molar-refractivity contribution in [2.24, 2.45) is 0 Å². The zero-order chi connectivity index (χ0) is 11.0. The Morgan fingerprint density at radius 3 is 2.64 bits per heavy atom. The van der Waals surface area contributed by atoms with Gasteiger partial charge in [-0.2, -0.15) is 0 Å². The minimum absolute atomic E-state index is 0.328. The summed E-state index contributed by atoms with van der Waals surface area (Å²) in [6.45, 7) is 10.4. The Balaban J connectivity index is 0.000000791. The molecule has 0 bridgehead atoms. The van der Waals surface area contributed by atoms with Crippen molar-refractivity contribution in [3.05, 3.63) is 0 Å². The molecule has 0 atom stereocenters. The van der Waals surface area contributed by atoms with Gasteiger partial charge in [-0.3, -0.25) is 0 Å². The topological polar surface area (TPSA) is 36.9 Å². The van der Waals surface area contributed by atoms with Crippen molar-refractivity contribution in [3.8, 4) is 0 Å². The van der Waals surface area contributed by atoms with Crippen molar-refractivity contribution in [2.45, 2.75) is 33.5 Å². The van der Waals surface area contributed by atoms with Crippen LogP contribution in [0.15, 0.2) is 0 Å². The van der Waals surface area contributed by atoms with E-state index in [1.807, 2.05) is 33.5 Å². The quantitative estimate of drug-likeness (QED) is 0.595. The molecule has 0 spiro atoms. The molecule has 0 aromatic rings. The van der Waals surface area contributed by atoms with Crippen molar-refractivity contribution in [3.63, 3.8) is 0 Å². The van der Waals surface area contributed by atoms with Gasteiger partial charge in [-0.25, -0.2) is 0 Å². The first-order chi connectivity index (χ1) is 6.60. The molecule has 0 N–H and O–H groups in total. The Morgan fingerprint density at radius 1 is 1.36 bits per heavy atom. The maximum atomic E-state index is 5.74. The molecule has 0 amide bonds. The molecule has 0 unspecified atom stereocenters. The molecular weight excluding hydrogens is 232 g/mol. The molecule has 1 aliphatic rings. The van der Waals surface area contributed by atoms with Crippen molar-refractivity contribution in [1.29, 1.82) is 0 Å². The van der Waals surface area contributed by atoms with Crippen LogP contribution in [0.4, 0.5) is 0 Å². The summed E-state index contributed by atoms with van der Waals surface area (Å²) >= 11 is 0. The molecule has 1 heterocycles. The van der Waals surface area contributed by atoms with Crippen LogP contribution in [0.3, 0.4) is 0 Å². The summed E-state index contributed by atoms with van der Waals surface area (Å²) in [5, 5.41) is 0. The van der Waals surface area contributed by atoms with Gasteiger partial charge in [0.25, 0.3) is 0 Å². The molecule has 0 radical (unpaired) electrons. The van der Waals surface area contributed by atoms with Gasteiger partial charge in [-0.05, 0) is 19.6 Å². The summed E-state index contributed by atoms with van der Waals surface area (Å²) < 4.78 is 21.6. The number of hydrogen-bond acceptors (Lipinski definition) is 4. The lowest BCUT2D eigenvalue weighted by atomic mass is 11.0. The second-order valence-electron chi connectivity index (χ2n) is 2.98. The van der Waals surface area contributed by atoms with E-state index in [2.05, 4.69) is 0 Å². The highest BCUT2D eigenvalue weighted by Gasteiger charge is 2.26. The van der Waals surface area contributed by atoms with E-state index in [1.54, 1.807) is 5.86 Å². The van der Waals surface area contributed by atoms with E-state index in [0.29, 0.717) is 6.79 Å². The van der Waals surface area contributed by atoms with Gasteiger partial charge >= 0.3 is 18.6 Å². The van der Waals surface area contributed by atoms with Crippen LogP contribution < -0.4 is 0 Å². The largest absolute Gasteiger partial charge is 0.585 e. The van der Waals surface area contributed by atoms with E-state index in [4.69, 9.17) is 17.4 Å². The minimum atomic E-state index is -1.94. The fraction of sp³-hybridized carbons (Fsp3) is 0.857. The van der Waals surface area contributed by atoms with E-state index in [9.17, 15) is 0 Å². The summed E-state index contributed by atoms with van der Waals surface area (Å²) in [7, 11) is -3.74. The maximum absolute atomic E-state index is 5.74. The standard InChI is InChI=1S/C5H14O4Si3.C2H6/c1-11-5-7-10-6-4-8-12(2,3)9-11;1-2/h5H,4,10H2,1-3H3;1-2H3/b11-5-;. The van der Waals surface area contributed by atoms with Gasteiger partial charge in [0, 0.05) is 0 Å². The van der Waals surface area contributed by atoms with E-state index in [0.717, 1.165) is 0 Å². The fourth-order valence-electron chi connectivity index (χ4n) is 0.858. The second kappa shape index (κ2) is 7.35. The summed E-state index contributed by atoms with van der Waals surface area (Å²) in [4.78, 5) is 0. The zero-order valence-corrected chi connectivity index (χ0v) is 13.0. The van der Waals surface area contributed by atoms with Gasteiger partial charge in [-0.1, -0.05) is 13.8 Å². The molecule has 4 nitrogen and oxygen atoms in total. The predicted octanol–water partition coefficient (Wildman–Crippen LogP) is 0.713. The molecule has 1 rings (SSSR count). The third-order valence-electron chi connectivity index (χ3n) is 1.30. The van der Waals surface area contributed by atoms with E-state index < -0.39 is 27.2 Å². The summed E-state index contributed by atoms with van der Waals surface area (Å²) in [5.41, 5.74) is 0. The first-order valence-corrected chi connectivity index (χ1v) is 10.7. The zero-order valence-electron chi connectivity index (χ0n) is 9.62. The van der Waals surface area contributed by atoms with Crippen LogP contribution in [0, 0.1) is 0 Å². The van der Waals surface area contributed by atoms with E-state index in [-0.39, 0.29) is 0 Å². The number of hydrogen-bond donors (Lipinski definition) is 0. The van der Waals surface area contributed by atoms with Crippen molar-refractivity contribution in [2.75, 3.05) is 6.79 Å². The lowest BCUT2D eigenvalue weighted by Crippen LogP contribution is -2.38. The summed E-state index contributed by atoms with van der Waals surface area (Å²) in [6, 6.07) is 0. The van der Waals surface area contributed by atoms with Crippen LogP contribution in [0.5, 0.6) is 0 Å². The molecule has 0 aliphatic carbocycles. The Kier molecular flexibility index (Phi) is 7.37. The Labute approximate surface area is 91.2 Å². The molecule has 84 valence electrons. The lowest BCUT2D eigenvalue weighted by Gasteiger charge is -2.23. The highest BCUT2D eigenvalue weighted by atomic mass is 28.4. The average molecular weight is 252 g/mol. The van der Waals surface area contributed by atoms with Crippen LogP contribution in [0.2, 0.25) is 19.6 Å². The maximum Gasteiger partial charge on any atom is 0.379 e. The van der Waals surface area contributed by atoms with Crippen molar-refractivity contribution >= 4 is 33.1 Å². The van der Waals surface area contributed by atoms with Crippen LogP contribution in [-0.4, -0.2) is 39.9 Å². The van der Waals surface area contributed by atoms with Crippen LogP contribution in [-0.2, 0) is 17.4 Å². The molecule has 0 aromatic heterocycles. The predicted molar refractivity (Wildman–Crippen MR) is 64.3 cm³/mol. The van der Waals surface area contributed by atoms with E-state index >= 15 is 0 Å². The van der Waals surface area contributed by atoms with Crippen molar-refractivity contribution < 1.29 is 17.4 Å². The molecule has 7 heteroatoms. The molecule has 1 aliphatic heterocycles. The van der Waals surface area contributed by atoms with Crippen LogP contribution in [0.1, 0.15) is 13.8 Å². The summed E-state index contributed by atoms with van der Waals surface area (Å²) in [5.74, 6) is 1.79. The first-order valence-electron chi connectivity index (χ1n) is 4.79. The molecule has 0 fully saturated rings. The third-order valence-corrected chi connectivity index (χ3v) is 6.83. The van der Waals surface area contributed by atoms with Gasteiger partial charge in [0.1, 0.15) is 6.79 Å².